The lowest BCUT2D eigenvalue weighted by atomic mass is 9.80. The van der Waals surface area contributed by atoms with Gasteiger partial charge in [-0.25, -0.2) is 0 Å². The first-order valence-electron chi connectivity index (χ1n) is 16.6. The van der Waals surface area contributed by atoms with Crippen LogP contribution in [0.5, 0.6) is 11.5 Å². The fourth-order valence-corrected chi connectivity index (χ4v) is 6.09. The quantitative estimate of drug-likeness (QED) is 0.0310. The van der Waals surface area contributed by atoms with Crippen molar-refractivity contribution in [1.82, 2.24) is 0 Å². The van der Waals surface area contributed by atoms with Crippen LogP contribution in [0.2, 0.25) is 5.02 Å². The van der Waals surface area contributed by atoms with E-state index in [0.717, 1.165) is 33.9 Å². The van der Waals surface area contributed by atoms with Crippen molar-refractivity contribution < 1.29 is 29.0 Å². The first-order chi connectivity index (χ1) is 25.2. The Labute approximate surface area is 307 Å². The number of hydrogen-bond acceptors (Lipinski definition) is 9. The van der Waals surface area contributed by atoms with Crippen LogP contribution >= 0.6 is 11.6 Å². The third kappa shape index (κ3) is 9.30. The molecule has 268 valence electrons. The van der Waals surface area contributed by atoms with Crippen LogP contribution < -0.4 is 14.4 Å². The number of anilines is 1. The zero-order chi connectivity index (χ0) is 36.9. The lowest BCUT2D eigenvalue weighted by Crippen LogP contribution is -2.34. The average molecular weight is 723 g/mol. The summed E-state index contributed by atoms with van der Waals surface area (Å²) in [6.45, 7) is 1.49. The van der Waals surface area contributed by atoms with Crippen molar-refractivity contribution in [3.05, 3.63) is 153 Å². The molecule has 5 aromatic carbocycles. The van der Waals surface area contributed by atoms with Gasteiger partial charge in [-0.15, -0.1) is 5.11 Å². The van der Waals surface area contributed by atoms with E-state index >= 15 is 0 Å². The number of aliphatic carboxylic acids is 1. The maximum atomic E-state index is 11.4. The molecule has 5 aromatic rings. The van der Waals surface area contributed by atoms with E-state index < -0.39 is 16.5 Å². The van der Waals surface area contributed by atoms with Gasteiger partial charge in [0.15, 0.2) is 0 Å². The van der Waals surface area contributed by atoms with Crippen molar-refractivity contribution in [3.8, 4) is 11.5 Å². The fourth-order valence-electron chi connectivity index (χ4n) is 5.88. The van der Waals surface area contributed by atoms with Crippen LogP contribution in [-0.4, -0.2) is 49.9 Å². The Balaban J connectivity index is 1.37. The Morgan fingerprint density at radius 1 is 0.788 bits per heavy atom. The number of nitro benzene ring substituents is 1. The molecule has 0 saturated carbocycles. The minimum Gasteiger partial charge on any atom is -0.497 e. The summed E-state index contributed by atoms with van der Waals surface area (Å²) in [7, 11) is 3.27. The number of azo groups is 1. The fraction of sp³-hybridized carbons (Fsp3) is 0.225. The van der Waals surface area contributed by atoms with Crippen LogP contribution in [0.1, 0.15) is 36.0 Å². The molecule has 0 radical (unpaired) electrons. The number of benzene rings is 5. The molecule has 0 heterocycles. The minimum atomic E-state index is -0.951. The molecule has 0 saturated heterocycles. The number of ether oxygens (including phenoxy) is 3. The van der Waals surface area contributed by atoms with Gasteiger partial charge < -0.3 is 24.2 Å². The lowest BCUT2D eigenvalue weighted by molar-refractivity contribution is -0.384. The molecule has 0 fully saturated rings. The van der Waals surface area contributed by atoms with E-state index in [1.165, 1.54) is 18.2 Å². The summed E-state index contributed by atoms with van der Waals surface area (Å²) in [5.41, 5.74) is 3.49. The van der Waals surface area contributed by atoms with Crippen LogP contribution in [-0.2, 0) is 15.1 Å². The maximum absolute atomic E-state index is 11.4. The summed E-state index contributed by atoms with van der Waals surface area (Å²) >= 11 is 6.17. The van der Waals surface area contributed by atoms with Gasteiger partial charge in [0.1, 0.15) is 22.8 Å². The van der Waals surface area contributed by atoms with E-state index in [1.54, 1.807) is 26.4 Å². The highest BCUT2D eigenvalue weighted by Crippen LogP contribution is 2.42. The molecule has 0 aliphatic heterocycles. The van der Waals surface area contributed by atoms with Crippen LogP contribution in [0.3, 0.4) is 0 Å². The number of carboxylic acids is 1. The largest absolute Gasteiger partial charge is 0.497 e. The van der Waals surface area contributed by atoms with Gasteiger partial charge in [0.05, 0.1) is 36.5 Å². The van der Waals surface area contributed by atoms with E-state index in [-0.39, 0.29) is 17.1 Å². The highest BCUT2D eigenvalue weighted by Gasteiger charge is 2.37. The van der Waals surface area contributed by atoms with Gasteiger partial charge in [0.25, 0.3) is 5.69 Å². The molecule has 0 atom stereocenters. The number of carbonyl (C=O) groups is 1. The second-order valence-corrected chi connectivity index (χ2v) is 12.2. The number of rotatable bonds is 18. The maximum Gasteiger partial charge on any atom is 0.303 e. The van der Waals surface area contributed by atoms with E-state index in [1.807, 2.05) is 78.9 Å². The van der Waals surface area contributed by atoms with E-state index in [9.17, 15) is 20.0 Å². The third-order valence-corrected chi connectivity index (χ3v) is 8.82. The monoisotopic (exact) mass is 722 g/mol. The SMILES string of the molecule is COc1ccc(C(OCCCN(CCCC(=O)O)c2ccc(N=Nc3ccc([N+](=O)[O-])cc3Cl)cc2)(c2ccccc2)c2ccc(OC)cc2)cc1. The zero-order valence-corrected chi connectivity index (χ0v) is 29.6. The Bertz CT molecular complexity index is 1910. The van der Waals surface area contributed by atoms with Gasteiger partial charge in [-0.1, -0.05) is 66.2 Å². The predicted octanol–water partition coefficient (Wildman–Crippen LogP) is 9.75. The summed E-state index contributed by atoms with van der Waals surface area (Å²) in [4.78, 5) is 24.0. The van der Waals surface area contributed by atoms with Gasteiger partial charge >= 0.3 is 5.97 Å². The van der Waals surface area contributed by atoms with Gasteiger partial charge in [0, 0.05) is 37.3 Å². The lowest BCUT2D eigenvalue weighted by Gasteiger charge is -2.36. The highest BCUT2D eigenvalue weighted by molar-refractivity contribution is 6.33. The molecule has 0 amide bonds. The third-order valence-electron chi connectivity index (χ3n) is 8.51. The summed E-state index contributed by atoms with van der Waals surface area (Å²) in [6.07, 6.45) is 1.14. The Hall–Kier alpha value is -5.78. The number of carboxylic acid groups (broad SMARTS) is 1. The van der Waals surface area contributed by atoms with Crippen molar-refractivity contribution in [1.29, 1.82) is 0 Å². The van der Waals surface area contributed by atoms with E-state index in [0.29, 0.717) is 43.9 Å². The molecule has 0 unspecified atom stereocenters. The van der Waals surface area contributed by atoms with E-state index in [4.69, 9.17) is 25.8 Å². The second kappa shape index (κ2) is 17.9. The Morgan fingerprint density at radius 3 is 1.90 bits per heavy atom. The summed E-state index contributed by atoms with van der Waals surface area (Å²) in [5.74, 6) is 0.621. The number of nitrogens with zero attached hydrogens (tertiary/aromatic N) is 4. The first-order valence-corrected chi connectivity index (χ1v) is 17.0. The van der Waals surface area contributed by atoms with E-state index in [2.05, 4.69) is 27.3 Å². The standard InChI is InChI=1S/C40H39ClN4O7/c1-50-35-20-11-30(12-21-35)40(29-8-4-3-5-9-29,31-13-22-36(51-2)23-14-31)52-27-7-26-44(25-6-10-39(46)47)33-17-15-32(16-18-33)42-43-38-24-19-34(45(48)49)28-37(38)41/h3-5,8-9,11-24,28H,6-7,10,25-27H2,1-2H3,(H,46,47). The summed E-state index contributed by atoms with van der Waals surface area (Å²) in [5, 5.41) is 28.9. The van der Waals surface area contributed by atoms with Crippen LogP contribution in [0.4, 0.5) is 22.7 Å². The minimum absolute atomic E-state index is 0.0430. The summed E-state index contributed by atoms with van der Waals surface area (Å²) < 4.78 is 17.9. The second-order valence-electron chi connectivity index (χ2n) is 11.8. The van der Waals surface area contributed by atoms with Crippen LogP contribution in [0.15, 0.2) is 132 Å². The van der Waals surface area contributed by atoms with Crippen LogP contribution in [0.25, 0.3) is 0 Å². The Kier molecular flexibility index (Phi) is 12.9. The highest BCUT2D eigenvalue weighted by atomic mass is 35.5. The molecule has 12 heteroatoms. The molecule has 0 aromatic heterocycles. The van der Waals surface area contributed by atoms with Crippen molar-refractivity contribution in [2.24, 2.45) is 10.2 Å². The molecular formula is C40H39ClN4O7. The molecule has 52 heavy (non-hydrogen) atoms. The topological polar surface area (TPSA) is 136 Å². The smallest absolute Gasteiger partial charge is 0.303 e. The first kappa shape index (κ1) is 37.5. The molecule has 0 spiro atoms. The molecule has 5 rings (SSSR count). The number of hydrogen-bond donors (Lipinski definition) is 1. The molecule has 0 aliphatic carbocycles. The molecule has 0 bridgehead atoms. The normalized spacial score (nSPS) is 11.4. The molecule has 1 N–H and O–H groups in total. The van der Waals surface area contributed by atoms with Crippen molar-refractivity contribution in [2.75, 3.05) is 38.8 Å². The molecule has 0 aliphatic rings. The summed E-state index contributed by atoms with van der Waals surface area (Å²) in [6, 6.07) is 37.2. The average Bonchev–Trinajstić information content (AvgIpc) is 3.17. The Morgan fingerprint density at radius 2 is 1.37 bits per heavy atom. The van der Waals surface area contributed by atoms with Gasteiger partial charge in [-0.2, -0.15) is 5.11 Å². The number of methoxy groups -OCH3 is 2. The molecular weight excluding hydrogens is 684 g/mol. The van der Waals surface area contributed by atoms with Gasteiger partial charge in [0.2, 0.25) is 0 Å². The molecule has 11 nitrogen and oxygen atoms in total. The van der Waals surface area contributed by atoms with Gasteiger partial charge in [-0.3, -0.25) is 14.9 Å². The van der Waals surface area contributed by atoms with Crippen molar-refractivity contribution in [3.63, 3.8) is 0 Å². The van der Waals surface area contributed by atoms with Crippen molar-refractivity contribution in [2.45, 2.75) is 24.9 Å². The van der Waals surface area contributed by atoms with Crippen LogP contribution in [0, 0.1) is 10.1 Å². The number of halogens is 1. The van der Waals surface area contributed by atoms with Crippen molar-refractivity contribution >= 4 is 40.3 Å². The number of nitro groups is 1. The van der Waals surface area contributed by atoms with Gasteiger partial charge in [-0.05, 0) is 84.1 Å². The zero-order valence-electron chi connectivity index (χ0n) is 28.9. The predicted molar refractivity (Wildman–Crippen MR) is 201 cm³/mol. The number of non-ortho nitro benzene ring substituents is 1.